The Labute approximate surface area is 135 Å². The van der Waals surface area contributed by atoms with Crippen molar-refractivity contribution in [3.63, 3.8) is 0 Å². The van der Waals surface area contributed by atoms with Crippen LogP contribution in [0, 0.1) is 5.92 Å². The van der Waals surface area contributed by atoms with Gasteiger partial charge in [0.2, 0.25) is 5.91 Å². The molecule has 2 fully saturated rings. The van der Waals surface area contributed by atoms with Crippen molar-refractivity contribution in [1.29, 1.82) is 0 Å². The number of rotatable bonds is 6. The van der Waals surface area contributed by atoms with Crippen LogP contribution in [0.15, 0.2) is 0 Å². The second kappa shape index (κ2) is 10.4. The summed E-state index contributed by atoms with van der Waals surface area (Å²) in [5, 5.41) is 2.97. The van der Waals surface area contributed by atoms with Gasteiger partial charge < -0.3 is 15.8 Å². The van der Waals surface area contributed by atoms with Crippen LogP contribution in [0.25, 0.3) is 0 Å². The van der Waals surface area contributed by atoms with Gasteiger partial charge in [0.05, 0.1) is 12.7 Å². The first-order valence-electron chi connectivity index (χ1n) is 8.39. The molecule has 0 aromatic heterocycles. The second-order valence-corrected chi connectivity index (χ2v) is 6.39. The quantitative estimate of drug-likeness (QED) is 0.584. The smallest absolute Gasteiger partial charge is 0.220 e. The number of halogens is 1. The summed E-state index contributed by atoms with van der Waals surface area (Å²) >= 11 is 0. The minimum atomic E-state index is 0. The number of hydrogen-bond acceptors (Lipinski definition) is 3. The van der Waals surface area contributed by atoms with Gasteiger partial charge in [-0.3, -0.25) is 4.79 Å². The molecule has 5 heteroatoms. The summed E-state index contributed by atoms with van der Waals surface area (Å²) < 4.78 is 5.87. The topological polar surface area (TPSA) is 64.4 Å². The van der Waals surface area contributed by atoms with Crippen LogP contribution >= 0.6 is 12.4 Å². The molecule has 2 saturated carbocycles. The van der Waals surface area contributed by atoms with Gasteiger partial charge in [-0.1, -0.05) is 32.1 Å². The molecular formula is C16H31ClN2O2. The minimum Gasteiger partial charge on any atom is -0.376 e. The number of amides is 1. The molecule has 2 atom stereocenters. The Kier molecular flexibility index (Phi) is 9.29. The molecule has 0 bridgehead atoms. The summed E-state index contributed by atoms with van der Waals surface area (Å²) in [6.07, 6.45) is 12.0. The van der Waals surface area contributed by atoms with E-state index in [1.54, 1.807) is 0 Å². The number of nitrogens with one attached hydrogen (secondary N) is 1. The van der Waals surface area contributed by atoms with E-state index in [2.05, 4.69) is 5.32 Å². The van der Waals surface area contributed by atoms with Gasteiger partial charge in [0.25, 0.3) is 0 Å². The maximum Gasteiger partial charge on any atom is 0.220 e. The zero-order valence-electron chi connectivity index (χ0n) is 13.0. The lowest BCUT2D eigenvalue weighted by molar-refractivity contribution is -0.122. The van der Waals surface area contributed by atoms with Crippen LogP contribution < -0.4 is 11.1 Å². The molecule has 3 N–H and O–H groups in total. The molecule has 2 rings (SSSR count). The molecule has 0 saturated heterocycles. The fraction of sp³-hybridized carbons (Fsp3) is 0.938. The van der Waals surface area contributed by atoms with Gasteiger partial charge in [-0.15, -0.1) is 12.4 Å². The molecule has 0 unspecified atom stereocenters. The van der Waals surface area contributed by atoms with Crippen molar-refractivity contribution in [2.45, 2.75) is 76.4 Å². The lowest BCUT2D eigenvalue weighted by Crippen LogP contribution is -2.33. The van der Waals surface area contributed by atoms with Crippen LogP contribution in [0.5, 0.6) is 0 Å². The highest BCUT2D eigenvalue weighted by Gasteiger charge is 2.25. The van der Waals surface area contributed by atoms with Gasteiger partial charge in [-0.05, 0) is 31.6 Å². The van der Waals surface area contributed by atoms with Crippen molar-refractivity contribution in [2.75, 3.05) is 13.2 Å². The van der Waals surface area contributed by atoms with E-state index in [0.29, 0.717) is 31.6 Å². The van der Waals surface area contributed by atoms with Gasteiger partial charge >= 0.3 is 0 Å². The average Bonchev–Trinajstić information content (AvgIpc) is 2.68. The van der Waals surface area contributed by atoms with E-state index in [-0.39, 0.29) is 24.4 Å². The molecule has 21 heavy (non-hydrogen) atoms. The van der Waals surface area contributed by atoms with Crippen molar-refractivity contribution in [2.24, 2.45) is 11.7 Å². The number of carbonyl (C=O) groups excluding carboxylic acids is 1. The molecule has 0 spiro atoms. The first kappa shape index (κ1) is 18.7. The predicted molar refractivity (Wildman–Crippen MR) is 87.6 cm³/mol. The highest BCUT2D eigenvalue weighted by atomic mass is 35.5. The van der Waals surface area contributed by atoms with Crippen LogP contribution in [0.2, 0.25) is 0 Å². The summed E-state index contributed by atoms with van der Waals surface area (Å²) in [7, 11) is 0. The van der Waals surface area contributed by atoms with Crippen LogP contribution in [0.1, 0.15) is 64.2 Å². The Morgan fingerprint density at radius 2 is 1.76 bits per heavy atom. The highest BCUT2D eigenvalue weighted by Crippen LogP contribution is 2.26. The van der Waals surface area contributed by atoms with Crippen LogP contribution in [-0.2, 0) is 9.53 Å². The Morgan fingerprint density at radius 3 is 2.38 bits per heavy atom. The summed E-state index contributed by atoms with van der Waals surface area (Å²) in [6.45, 7) is 1.28. The Hall–Kier alpha value is -0.320. The maximum absolute atomic E-state index is 11.8. The van der Waals surface area contributed by atoms with Gasteiger partial charge in [0.1, 0.15) is 0 Å². The van der Waals surface area contributed by atoms with Crippen molar-refractivity contribution in [3.8, 4) is 0 Å². The average molecular weight is 319 g/mol. The summed E-state index contributed by atoms with van der Waals surface area (Å²) in [5.41, 5.74) is 5.99. The third-order valence-electron chi connectivity index (χ3n) is 4.75. The molecule has 2 aliphatic carbocycles. The van der Waals surface area contributed by atoms with Crippen LogP contribution in [0.4, 0.5) is 0 Å². The SMILES string of the molecule is Cl.N[C@@H]1CCC[C@H]1CC(=O)NCCOC1CCCCCC1. The van der Waals surface area contributed by atoms with Gasteiger partial charge in [0.15, 0.2) is 0 Å². The van der Waals surface area contributed by atoms with Crippen molar-refractivity contribution in [1.82, 2.24) is 5.32 Å². The fourth-order valence-corrected chi connectivity index (χ4v) is 3.45. The van der Waals surface area contributed by atoms with Gasteiger partial charge in [-0.25, -0.2) is 0 Å². The summed E-state index contributed by atoms with van der Waals surface area (Å²) in [5.74, 6) is 0.523. The second-order valence-electron chi connectivity index (χ2n) is 6.39. The Bertz CT molecular complexity index is 294. The standard InChI is InChI=1S/C16H30N2O2.ClH/c17-15-9-5-6-13(15)12-16(19)18-10-11-20-14-7-3-1-2-4-8-14;/h13-15H,1-12,17H2,(H,18,19);1H/t13-,15+;/m0./s1. The summed E-state index contributed by atoms with van der Waals surface area (Å²) in [6, 6.07) is 0.225. The third-order valence-corrected chi connectivity index (χ3v) is 4.75. The van der Waals surface area contributed by atoms with Crippen LogP contribution in [-0.4, -0.2) is 31.2 Å². The molecule has 1 amide bonds. The number of hydrogen-bond donors (Lipinski definition) is 2. The number of ether oxygens (including phenoxy) is 1. The minimum absolute atomic E-state index is 0. The normalized spacial score (nSPS) is 26.9. The third kappa shape index (κ3) is 6.98. The van der Waals surface area contributed by atoms with Crippen molar-refractivity contribution in [3.05, 3.63) is 0 Å². The lowest BCUT2D eigenvalue weighted by Gasteiger charge is -2.17. The Balaban J connectivity index is 0.00000220. The van der Waals surface area contributed by atoms with E-state index in [1.165, 1.54) is 44.9 Å². The highest BCUT2D eigenvalue weighted by molar-refractivity contribution is 5.85. The molecule has 0 radical (unpaired) electrons. The van der Waals surface area contributed by atoms with Gasteiger partial charge in [0, 0.05) is 19.0 Å². The Morgan fingerprint density at radius 1 is 1.05 bits per heavy atom. The van der Waals surface area contributed by atoms with Crippen LogP contribution in [0.3, 0.4) is 0 Å². The van der Waals surface area contributed by atoms with Crippen molar-refractivity contribution < 1.29 is 9.53 Å². The van der Waals surface area contributed by atoms with E-state index in [0.717, 1.165) is 12.8 Å². The molecule has 124 valence electrons. The zero-order chi connectivity index (χ0) is 14.2. The number of carbonyl (C=O) groups is 1. The van der Waals surface area contributed by atoms with E-state index >= 15 is 0 Å². The molecular weight excluding hydrogens is 288 g/mol. The fourth-order valence-electron chi connectivity index (χ4n) is 3.45. The molecule has 0 aliphatic heterocycles. The molecule has 2 aliphatic rings. The maximum atomic E-state index is 11.8. The van der Waals surface area contributed by atoms with E-state index in [9.17, 15) is 4.79 Å². The van der Waals surface area contributed by atoms with Gasteiger partial charge in [-0.2, -0.15) is 0 Å². The number of nitrogens with two attached hydrogens (primary N) is 1. The zero-order valence-corrected chi connectivity index (χ0v) is 13.8. The monoisotopic (exact) mass is 318 g/mol. The molecule has 0 aromatic rings. The summed E-state index contributed by atoms with van der Waals surface area (Å²) in [4.78, 5) is 11.8. The predicted octanol–water partition coefficient (Wildman–Crippen LogP) is 2.78. The molecule has 4 nitrogen and oxygen atoms in total. The molecule has 0 heterocycles. The van der Waals surface area contributed by atoms with E-state index < -0.39 is 0 Å². The molecule has 0 aromatic carbocycles. The first-order chi connectivity index (χ1) is 9.75. The van der Waals surface area contributed by atoms with E-state index in [1.807, 2.05) is 0 Å². The largest absolute Gasteiger partial charge is 0.376 e. The van der Waals surface area contributed by atoms with Crippen molar-refractivity contribution >= 4 is 18.3 Å². The first-order valence-corrected chi connectivity index (χ1v) is 8.39. The van der Waals surface area contributed by atoms with E-state index in [4.69, 9.17) is 10.5 Å². The lowest BCUT2D eigenvalue weighted by atomic mass is 10.00.